The summed E-state index contributed by atoms with van der Waals surface area (Å²) in [5, 5.41) is 23.0. The fourth-order valence-corrected chi connectivity index (χ4v) is 4.86. The van der Waals surface area contributed by atoms with E-state index in [-0.39, 0.29) is 29.7 Å². The minimum absolute atomic E-state index is 0.0664. The van der Waals surface area contributed by atoms with Gasteiger partial charge in [0.1, 0.15) is 5.82 Å². The van der Waals surface area contributed by atoms with Gasteiger partial charge >= 0.3 is 0 Å². The van der Waals surface area contributed by atoms with Gasteiger partial charge in [-0.05, 0) is 43.4 Å². The van der Waals surface area contributed by atoms with Crippen LogP contribution in [0, 0.1) is 17.7 Å². The molecule has 4 N–H and O–H groups in total. The Labute approximate surface area is 162 Å². The lowest BCUT2D eigenvalue weighted by atomic mass is 9.72. The highest BCUT2D eigenvalue weighted by molar-refractivity contribution is 5.87. The Morgan fingerprint density at radius 2 is 1.93 bits per heavy atom. The van der Waals surface area contributed by atoms with Crippen molar-refractivity contribution in [1.82, 2.24) is 15.7 Å². The second-order valence-electron chi connectivity index (χ2n) is 8.36. The molecule has 3 aliphatic rings. The molecule has 7 nitrogen and oxygen atoms in total. The van der Waals surface area contributed by atoms with Crippen molar-refractivity contribution < 1.29 is 24.3 Å². The zero-order valence-electron chi connectivity index (χ0n) is 15.6. The standard InChI is InChI=1S/C20H26FN3O4/c21-13-3-1-12(2-4-13)14-6-8-24(10-17(14)25)19(27)15-5-7-20(11-22-20)9-16(15)18(26)23-28/h1-4,14-17,22,25,28H,5-11H2,(H,23,26). The van der Waals surface area contributed by atoms with E-state index >= 15 is 0 Å². The predicted molar refractivity (Wildman–Crippen MR) is 97.8 cm³/mol. The molecule has 2 heterocycles. The Morgan fingerprint density at radius 3 is 2.54 bits per heavy atom. The number of hydrogen-bond acceptors (Lipinski definition) is 5. The second kappa shape index (κ2) is 7.42. The number of aliphatic hydroxyl groups is 1. The maximum absolute atomic E-state index is 13.1. The van der Waals surface area contributed by atoms with Gasteiger partial charge in [0.15, 0.2) is 0 Å². The van der Waals surface area contributed by atoms with Crippen LogP contribution < -0.4 is 10.8 Å². The van der Waals surface area contributed by atoms with E-state index in [9.17, 15) is 19.1 Å². The van der Waals surface area contributed by atoms with Gasteiger partial charge in [0, 0.05) is 37.0 Å². The SMILES string of the molecule is O=C(NO)C1CC2(CCC1C(=O)N1CCC(c3ccc(F)cc3)C(O)C1)CN2. The van der Waals surface area contributed by atoms with Gasteiger partial charge in [-0.15, -0.1) is 0 Å². The molecule has 2 amide bonds. The molecule has 4 rings (SSSR count). The highest BCUT2D eigenvalue weighted by atomic mass is 19.1. The Morgan fingerprint density at radius 1 is 1.21 bits per heavy atom. The number of amides is 2. The van der Waals surface area contributed by atoms with Crippen LogP contribution in [0.5, 0.6) is 0 Å². The summed E-state index contributed by atoms with van der Waals surface area (Å²) in [6, 6.07) is 6.10. The van der Waals surface area contributed by atoms with Crippen molar-refractivity contribution in [2.24, 2.45) is 11.8 Å². The number of benzene rings is 1. The number of likely N-dealkylation sites (tertiary alicyclic amines) is 1. The molecule has 28 heavy (non-hydrogen) atoms. The average molecular weight is 391 g/mol. The lowest BCUT2D eigenvalue weighted by Gasteiger charge is -2.41. The Balaban J connectivity index is 1.43. The normalized spacial score (nSPS) is 34.9. The molecule has 2 saturated heterocycles. The number of nitrogens with zero attached hydrogens (tertiary/aromatic N) is 1. The molecule has 5 unspecified atom stereocenters. The van der Waals surface area contributed by atoms with Gasteiger partial charge in [0.25, 0.3) is 0 Å². The summed E-state index contributed by atoms with van der Waals surface area (Å²) in [7, 11) is 0. The lowest BCUT2D eigenvalue weighted by molar-refractivity contribution is -0.149. The smallest absolute Gasteiger partial charge is 0.247 e. The van der Waals surface area contributed by atoms with Crippen molar-refractivity contribution >= 4 is 11.8 Å². The molecular formula is C20H26FN3O4. The number of aliphatic hydroxyl groups excluding tert-OH is 1. The Bertz CT molecular complexity index is 752. The number of piperidine rings is 1. The monoisotopic (exact) mass is 391 g/mol. The molecule has 1 aromatic rings. The van der Waals surface area contributed by atoms with Crippen LogP contribution in [-0.2, 0) is 9.59 Å². The van der Waals surface area contributed by atoms with Gasteiger partial charge in [0.05, 0.1) is 12.0 Å². The van der Waals surface area contributed by atoms with Crippen molar-refractivity contribution in [3.05, 3.63) is 35.6 Å². The minimum atomic E-state index is -0.742. The van der Waals surface area contributed by atoms with Crippen LogP contribution in [0.15, 0.2) is 24.3 Å². The van der Waals surface area contributed by atoms with Gasteiger partial charge in [-0.1, -0.05) is 12.1 Å². The van der Waals surface area contributed by atoms with E-state index in [1.807, 2.05) is 0 Å². The molecule has 0 bridgehead atoms. The average Bonchev–Trinajstić information content (AvgIpc) is 3.46. The molecule has 3 fully saturated rings. The van der Waals surface area contributed by atoms with Crippen molar-refractivity contribution in [3.8, 4) is 0 Å². The third-order valence-corrected chi connectivity index (χ3v) is 6.66. The van der Waals surface area contributed by atoms with Crippen molar-refractivity contribution in [2.45, 2.75) is 43.2 Å². The first kappa shape index (κ1) is 19.3. The Hall–Kier alpha value is -2.03. The molecule has 1 saturated carbocycles. The van der Waals surface area contributed by atoms with Gasteiger partial charge in [-0.25, -0.2) is 9.87 Å². The van der Waals surface area contributed by atoms with Crippen LogP contribution in [0.1, 0.15) is 37.2 Å². The molecule has 0 radical (unpaired) electrons. The maximum Gasteiger partial charge on any atom is 0.247 e. The molecule has 8 heteroatoms. The molecular weight excluding hydrogens is 365 g/mol. The molecule has 1 spiro atoms. The molecule has 5 atom stereocenters. The van der Waals surface area contributed by atoms with E-state index in [1.165, 1.54) is 12.1 Å². The molecule has 152 valence electrons. The van der Waals surface area contributed by atoms with Crippen molar-refractivity contribution in [1.29, 1.82) is 0 Å². The van der Waals surface area contributed by atoms with E-state index in [0.29, 0.717) is 25.8 Å². The van der Waals surface area contributed by atoms with E-state index in [0.717, 1.165) is 18.5 Å². The van der Waals surface area contributed by atoms with E-state index in [4.69, 9.17) is 5.21 Å². The first-order valence-corrected chi connectivity index (χ1v) is 9.84. The van der Waals surface area contributed by atoms with Crippen molar-refractivity contribution in [2.75, 3.05) is 19.6 Å². The molecule has 1 aromatic carbocycles. The summed E-state index contributed by atoms with van der Waals surface area (Å²) >= 11 is 0. The first-order chi connectivity index (χ1) is 13.4. The van der Waals surface area contributed by atoms with E-state index in [2.05, 4.69) is 5.32 Å². The number of nitrogens with one attached hydrogen (secondary N) is 2. The Kier molecular flexibility index (Phi) is 5.11. The zero-order valence-corrected chi connectivity index (χ0v) is 15.6. The van der Waals surface area contributed by atoms with Gasteiger partial charge in [-0.2, -0.15) is 0 Å². The van der Waals surface area contributed by atoms with Crippen LogP contribution >= 0.6 is 0 Å². The third kappa shape index (κ3) is 3.64. The van der Waals surface area contributed by atoms with Crippen LogP contribution in [0.2, 0.25) is 0 Å². The predicted octanol–water partition coefficient (Wildman–Crippen LogP) is 0.766. The fourth-order valence-electron chi connectivity index (χ4n) is 4.86. The summed E-state index contributed by atoms with van der Waals surface area (Å²) in [6.07, 6.45) is 1.77. The summed E-state index contributed by atoms with van der Waals surface area (Å²) in [5.41, 5.74) is 2.51. The number of hydroxylamine groups is 1. The summed E-state index contributed by atoms with van der Waals surface area (Å²) in [5.74, 6) is -2.19. The zero-order chi connectivity index (χ0) is 19.9. The highest BCUT2D eigenvalue weighted by Crippen LogP contribution is 2.43. The first-order valence-electron chi connectivity index (χ1n) is 9.84. The summed E-state index contributed by atoms with van der Waals surface area (Å²) in [6.45, 7) is 1.50. The van der Waals surface area contributed by atoms with Gasteiger partial charge in [-0.3, -0.25) is 14.8 Å². The van der Waals surface area contributed by atoms with Crippen LogP contribution in [0.25, 0.3) is 0 Å². The molecule has 1 aliphatic carbocycles. The number of β-amino-alcohol motifs (C(OH)–C–C–N with tert-alkyl or cyclic N) is 1. The molecule has 2 aliphatic heterocycles. The fraction of sp³-hybridized carbons (Fsp3) is 0.600. The number of hydrogen-bond donors (Lipinski definition) is 4. The van der Waals surface area contributed by atoms with E-state index in [1.54, 1.807) is 22.5 Å². The number of rotatable bonds is 3. The van der Waals surface area contributed by atoms with Crippen LogP contribution in [-0.4, -0.2) is 58.3 Å². The second-order valence-corrected chi connectivity index (χ2v) is 8.36. The lowest BCUT2D eigenvalue weighted by Crippen LogP contribution is -2.52. The number of carbonyl (C=O) groups excluding carboxylic acids is 2. The maximum atomic E-state index is 13.1. The van der Waals surface area contributed by atoms with Crippen LogP contribution in [0.4, 0.5) is 4.39 Å². The van der Waals surface area contributed by atoms with E-state index < -0.39 is 23.8 Å². The quantitative estimate of drug-likeness (QED) is 0.345. The summed E-state index contributed by atoms with van der Waals surface area (Å²) in [4.78, 5) is 26.9. The number of halogens is 1. The topological polar surface area (TPSA) is 112 Å². The third-order valence-electron chi connectivity index (χ3n) is 6.66. The molecule has 0 aromatic heterocycles. The van der Waals surface area contributed by atoms with Gasteiger partial charge < -0.3 is 15.3 Å². The van der Waals surface area contributed by atoms with Gasteiger partial charge in [0.2, 0.25) is 11.8 Å². The largest absolute Gasteiger partial charge is 0.391 e. The summed E-state index contributed by atoms with van der Waals surface area (Å²) < 4.78 is 13.1. The van der Waals surface area contributed by atoms with Crippen LogP contribution in [0.3, 0.4) is 0 Å². The number of carbonyl (C=O) groups is 2. The minimum Gasteiger partial charge on any atom is -0.391 e. The highest BCUT2D eigenvalue weighted by Gasteiger charge is 2.52. The van der Waals surface area contributed by atoms with Crippen molar-refractivity contribution in [3.63, 3.8) is 0 Å².